The molecule has 5 rings (SSSR count). The zero-order chi connectivity index (χ0) is 23.8. The van der Waals surface area contributed by atoms with E-state index in [0.29, 0.717) is 28.2 Å². The zero-order valence-electron chi connectivity index (χ0n) is 18.4. The Morgan fingerprint density at radius 3 is 2.65 bits per heavy atom. The number of benzene rings is 1. The van der Waals surface area contributed by atoms with Gasteiger partial charge in [0, 0.05) is 18.6 Å². The fourth-order valence-electron chi connectivity index (χ4n) is 3.88. The van der Waals surface area contributed by atoms with E-state index in [1.54, 1.807) is 56.7 Å². The quantitative estimate of drug-likeness (QED) is 0.402. The molecule has 4 aromatic heterocycles. The maximum Gasteiger partial charge on any atom is 0.283 e. The van der Waals surface area contributed by atoms with Crippen molar-refractivity contribution in [3.63, 3.8) is 0 Å². The molecule has 10 nitrogen and oxygen atoms in total. The van der Waals surface area contributed by atoms with E-state index in [4.69, 9.17) is 5.73 Å². The van der Waals surface area contributed by atoms with Gasteiger partial charge in [0.15, 0.2) is 17.3 Å². The number of para-hydroxylation sites is 1. The number of nitrogens with zero attached hydrogens (tertiary/aromatic N) is 6. The first-order valence-electron chi connectivity index (χ1n) is 10.5. The fourth-order valence-corrected chi connectivity index (χ4v) is 3.88. The molecule has 4 heterocycles. The van der Waals surface area contributed by atoms with Gasteiger partial charge in [-0.2, -0.15) is 5.10 Å². The number of aromatic nitrogens is 6. The number of hydrogen-bond donors (Lipinski definition) is 2. The van der Waals surface area contributed by atoms with E-state index in [-0.39, 0.29) is 16.9 Å². The fraction of sp³-hybridized carbons (Fsp3) is 0.125. The molecule has 0 aliphatic rings. The number of nitrogen functional groups attached to an aromatic ring is 1. The number of rotatable bonds is 4. The second kappa shape index (κ2) is 8.22. The van der Waals surface area contributed by atoms with Crippen molar-refractivity contribution >= 4 is 22.9 Å². The molecule has 0 unspecified atom stereocenters. The Hall–Kier alpha value is -4.91. The molecule has 5 aromatic rings. The highest BCUT2D eigenvalue weighted by molar-refractivity contribution is 6.04. The predicted molar refractivity (Wildman–Crippen MR) is 127 cm³/mol. The van der Waals surface area contributed by atoms with Gasteiger partial charge in [0.2, 0.25) is 0 Å². The second-order valence-corrected chi connectivity index (χ2v) is 7.58. The van der Waals surface area contributed by atoms with Crippen LogP contribution in [0.3, 0.4) is 0 Å². The van der Waals surface area contributed by atoms with Gasteiger partial charge >= 0.3 is 0 Å². The minimum absolute atomic E-state index is 0.0560. The number of hydrogen-bond acceptors (Lipinski definition) is 6. The standard InChI is InChI=1S/C24H20N8O2/c1-3-8-16-11-14-30-19(16)24(34)32(17-9-5-4-6-10-17)21(29-30)15(2)27-23(33)18-20(25)28-31-13-7-12-26-22(18)31/h4-7,9-15H,1-2H3,(H2,25,28)(H,27,33)/t15-/m0/s1. The number of carbonyl (C=O) groups excluding carboxylic acids is 1. The molecule has 0 fully saturated rings. The Bertz CT molecular complexity index is 1670. The van der Waals surface area contributed by atoms with Crippen molar-refractivity contribution in [3.8, 4) is 17.5 Å². The monoisotopic (exact) mass is 452 g/mol. The minimum Gasteiger partial charge on any atom is -0.381 e. The predicted octanol–water partition coefficient (Wildman–Crippen LogP) is 1.97. The van der Waals surface area contributed by atoms with Crippen molar-refractivity contribution in [2.45, 2.75) is 19.9 Å². The highest BCUT2D eigenvalue weighted by atomic mass is 16.2. The van der Waals surface area contributed by atoms with Gasteiger partial charge in [-0.15, -0.1) is 11.0 Å². The van der Waals surface area contributed by atoms with Crippen molar-refractivity contribution in [3.05, 3.63) is 88.4 Å². The molecule has 0 saturated heterocycles. The third-order valence-electron chi connectivity index (χ3n) is 5.37. The van der Waals surface area contributed by atoms with Gasteiger partial charge in [-0.1, -0.05) is 24.1 Å². The van der Waals surface area contributed by atoms with Gasteiger partial charge < -0.3 is 11.1 Å². The van der Waals surface area contributed by atoms with Crippen LogP contribution in [0.4, 0.5) is 5.82 Å². The van der Waals surface area contributed by atoms with Gasteiger partial charge in [0.05, 0.1) is 17.3 Å². The van der Waals surface area contributed by atoms with Crippen LogP contribution in [0.1, 0.15) is 41.6 Å². The van der Waals surface area contributed by atoms with E-state index in [9.17, 15) is 9.59 Å². The lowest BCUT2D eigenvalue weighted by molar-refractivity contribution is 0.0940. The maximum absolute atomic E-state index is 13.6. The average molecular weight is 452 g/mol. The summed E-state index contributed by atoms with van der Waals surface area (Å²) in [6.45, 7) is 3.45. The molecule has 3 N–H and O–H groups in total. The van der Waals surface area contributed by atoms with Crippen molar-refractivity contribution in [2.75, 3.05) is 5.73 Å². The van der Waals surface area contributed by atoms with Crippen LogP contribution in [0, 0.1) is 11.8 Å². The van der Waals surface area contributed by atoms with E-state index in [2.05, 4.69) is 32.3 Å². The Morgan fingerprint density at radius 1 is 1.09 bits per heavy atom. The summed E-state index contributed by atoms with van der Waals surface area (Å²) in [7, 11) is 0. The molecular formula is C24H20N8O2. The Balaban J connectivity index is 1.64. The lowest BCUT2D eigenvalue weighted by atomic mass is 10.2. The van der Waals surface area contributed by atoms with Crippen molar-refractivity contribution in [2.24, 2.45) is 0 Å². The summed E-state index contributed by atoms with van der Waals surface area (Å²) in [4.78, 5) is 31.0. The lowest BCUT2D eigenvalue weighted by Gasteiger charge is -2.19. The topological polar surface area (TPSA) is 125 Å². The molecule has 0 radical (unpaired) electrons. The van der Waals surface area contributed by atoms with Crippen molar-refractivity contribution in [1.29, 1.82) is 0 Å². The number of anilines is 1. The van der Waals surface area contributed by atoms with Gasteiger partial charge in [0.1, 0.15) is 11.1 Å². The number of nitrogens with one attached hydrogen (secondary N) is 1. The molecule has 1 atom stereocenters. The molecule has 0 saturated carbocycles. The smallest absolute Gasteiger partial charge is 0.283 e. The van der Waals surface area contributed by atoms with Crippen LogP contribution in [0.25, 0.3) is 16.9 Å². The molecular weight excluding hydrogens is 432 g/mol. The van der Waals surface area contributed by atoms with Gasteiger partial charge in [-0.25, -0.2) is 14.0 Å². The lowest BCUT2D eigenvalue weighted by Crippen LogP contribution is -2.34. The van der Waals surface area contributed by atoms with Crippen LogP contribution >= 0.6 is 0 Å². The summed E-state index contributed by atoms with van der Waals surface area (Å²) >= 11 is 0. The Kier molecular flexibility index (Phi) is 5.07. The summed E-state index contributed by atoms with van der Waals surface area (Å²) in [5, 5.41) is 11.7. The minimum atomic E-state index is -0.661. The van der Waals surface area contributed by atoms with E-state index < -0.39 is 11.9 Å². The number of carbonyl (C=O) groups is 1. The number of nitrogens with two attached hydrogens (primary N) is 1. The summed E-state index contributed by atoms with van der Waals surface area (Å²) in [5.74, 6) is 5.70. The molecule has 0 aliphatic carbocycles. The maximum atomic E-state index is 13.6. The first-order valence-corrected chi connectivity index (χ1v) is 10.5. The molecule has 168 valence electrons. The van der Waals surface area contributed by atoms with Crippen LogP contribution < -0.4 is 16.6 Å². The SMILES string of the molecule is CC#Cc1ccn2nc([C@H](C)NC(=O)c3c(N)nn4cccnc34)n(-c3ccccc3)c(=O)c12. The molecule has 10 heteroatoms. The Morgan fingerprint density at radius 2 is 1.88 bits per heavy atom. The summed E-state index contributed by atoms with van der Waals surface area (Å²) < 4.78 is 4.42. The van der Waals surface area contributed by atoms with Crippen molar-refractivity contribution < 1.29 is 4.79 Å². The largest absolute Gasteiger partial charge is 0.381 e. The summed E-state index contributed by atoms with van der Waals surface area (Å²) in [6.07, 6.45) is 4.89. The molecule has 0 aliphatic heterocycles. The van der Waals surface area contributed by atoms with Crippen LogP contribution in [-0.4, -0.2) is 34.7 Å². The average Bonchev–Trinajstić information content (AvgIpc) is 3.39. The highest BCUT2D eigenvalue weighted by Gasteiger charge is 2.25. The van der Waals surface area contributed by atoms with Crippen molar-refractivity contribution in [1.82, 2.24) is 34.1 Å². The van der Waals surface area contributed by atoms with E-state index in [1.807, 2.05) is 18.2 Å². The first kappa shape index (κ1) is 21.0. The summed E-state index contributed by atoms with van der Waals surface area (Å²) in [6, 6.07) is 11.9. The zero-order valence-corrected chi connectivity index (χ0v) is 18.4. The number of fused-ring (bicyclic) bond motifs is 2. The molecule has 0 spiro atoms. The van der Waals surface area contributed by atoms with Gasteiger partial charge in [0.25, 0.3) is 11.5 Å². The van der Waals surface area contributed by atoms with E-state index >= 15 is 0 Å². The first-order chi connectivity index (χ1) is 16.5. The van der Waals surface area contributed by atoms with Crippen LogP contribution in [0.15, 0.2) is 65.8 Å². The third kappa shape index (κ3) is 3.36. The van der Waals surface area contributed by atoms with Gasteiger partial charge in [-0.05, 0) is 38.1 Å². The second-order valence-electron chi connectivity index (χ2n) is 7.58. The summed E-state index contributed by atoms with van der Waals surface area (Å²) in [5.41, 5.74) is 7.75. The van der Waals surface area contributed by atoms with E-state index in [0.717, 1.165) is 0 Å². The van der Waals surface area contributed by atoms with Crippen LogP contribution in [-0.2, 0) is 0 Å². The molecule has 34 heavy (non-hydrogen) atoms. The van der Waals surface area contributed by atoms with Gasteiger partial charge in [-0.3, -0.25) is 14.2 Å². The molecule has 1 aromatic carbocycles. The third-order valence-corrected chi connectivity index (χ3v) is 5.37. The molecule has 0 bridgehead atoms. The molecule has 1 amide bonds. The Labute approximate surface area is 193 Å². The van der Waals surface area contributed by atoms with E-state index in [1.165, 1.54) is 13.6 Å². The number of amides is 1. The van der Waals surface area contributed by atoms with Crippen LogP contribution in [0.2, 0.25) is 0 Å². The normalized spacial score (nSPS) is 11.8. The van der Waals surface area contributed by atoms with Crippen LogP contribution in [0.5, 0.6) is 0 Å². The highest BCUT2D eigenvalue weighted by Crippen LogP contribution is 2.20.